The molecule has 0 fully saturated rings. The average Bonchev–Trinajstić information content (AvgIpc) is 2.75. The van der Waals surface area contributed by atoms with Gasteiger partial charge < -0.3 is 13.9 Å². The lowest BCUT2D eigenvalue weighted by atomic mass is 9.94. The quantitative estimate of drug-likeness (QED) is 0.159. The summed E-state index contributed by atoms with van der Waals surface area (Å²) in [6, 6.07) is 14.8. The Labute approximate surface area is 194 Å². The van der Waals surface area contributed by atoms with Crippen LogP contribution in [0.1, 0.15) is 58.2 Å². The van der Waals surface area contributed by atoms with Crippen LogP contribution in [0.4, 0.5) is 0 Å². The Morgan fingerprint density at radius 1 is 0.938 bits per heavy atom. The second-order valence-corrected chi connectivity index (χ2v) is 13.7. The van der Waals surface area contributed by atoms with E-state index in [0.29, 0.717) is 17.1 Å². The zero-order valence-electron chi connectivity index (χ0n) is 20.9. The molecule has 2 aromatic rings. The van der Waals surface area contributed by atoms with Crippen molar-refractivity contribution in [3.63, 3.8) is 0 Å². The predicted octanol–water partition coefficient (Wildman–Crippen LogP) is 7.83. The maximum absolute atomic E-state index is 11.7. The SMILES string of the molecule is C=C(C)C(=O)Oc1ccc(Oc2c(C)cc(C(C)(C)O[Si](CC)(CC)CC)cc2C)cc1. The normalized spacial score (nSPS) is 11.9. The smallest absolute Gasteiger partial charge is 0.338 e. The molecule has 5 heteroatoms. The van der Waals surface area contributed by atoms with Crippen LogP contribution in [0.5, 0.6) is 17.2 Å². The van der Waals surface area contributed by atoms with Crippen LogP contribution in [0.3, 0.4) is 0 Å². The van der Waals surface area contributed by atoms with Crippen LogP contribution in [0.2, 0.25) is 18.1 Å². The number of carbonyl (C=O) groups is 1. The van der Waals surface area contributed by atoms with Crippen molar-refractivity contribution in [3.05, 3.63) is 65.2 Å². The first-order valence-electron chi connectivity index (χ1n) is 11.4. The van der Waals surface area contributed by atoms with Gasteiger partial charge >= 0.3 is 5.97 Å². The predicted molar refractivity (Wildman–Crippen MR) is 134 cm³/mol. The van der Waals surface area contributed by atoms with Crippen molar-refractivity contribution in [1.82, 2.24) is 0 Å². The molecule has 0 spiro atoms. The molecule has 0 radical (unpaired) electrons. The number of hydrogen-bond donors (Lipinski definition) is 0. The van der Waals surface area contributed by atoms with Gasteiger partial charge in [0.25, 0.3) is 0 Å². The molecule has 0 N–H and O–H groups in total. The monoisotopic (exact) mass is 454 g/mol. The summed E-state index contributed by atoms with van der Waals surface area (Å²) >= 11 is 0. The zero-order chi connectivity index (χ0) is 24.1. The van der Waals surface area contributed by atoms with E-state index >= 15 is 0 Å². The summed E-state index contributed by atoms with van der Waals surface area (Å²) in [7, 11) is -1.74. The number of hydrogen-bond acceptors (Lipinski definition) is 4. The Morgan fingerprint density at radius 2 is 1.41 bits per heavy atom. The van der Waals surface area contributed by atoms with Crippen LogP contribution in [0, 0.1) is 13.8 Å². The molecule has 0 atom stereocenters. The molecule has 4 nitrogen and oxygen atoms in total. The van der Waals surface area contributed by atoms with Gasteiger partial charge in [0, 0.05) is 5.57 Å². The lowest BCUT2D eigenvalue weighted by Crippen LogP contribution is -2.43. The first kappa shape index (κ1) is 25.9. The van der Waals surface area contributed by atoms with E-state index in [1.54, 1.807) is 31.2 Å². The number of carbonyl (C=O) groups excluding carboxylic acids is 1. The number of ether oxygens (including phenoxy) is 2. The number of esters is 1. The van der Waals surface area contributed by atoms with Crippen molar-refractivity contribution >= 4 is 14.3 Å². The molecule has 0 bridgehead atoms. The van der Waals surface area contributed by atoms with Crippen molar-refractivity contribution in [2.75, 3.05) is 0 Å². The highest BCUT2D eigenvalue weighted by atomic mass is 28.4. The third-order valence-corrected chi connectivity index (χ3v) is 11.0. The maximum atomic E-state index is 11.7. The second-order valence-electron chi connectivity index (χ2n) is 9.04. The summed E-state index contributed by atoms with van der Waals surface area (Å²) in [6.07, 6.45) is 0. The summed E-state index contributed by atoms with van der Waals surface area (Å²) in [5.41, 5.74) is 3.31. The molecule has 0 saturated heterocycles. The van der Waals surface area contributed by atoms with E-state index in [4.69, 9.17) is 13.9 Å². The summed E-state index contributed by atoms with van der Waals surface area (Å²) < 4.78 is 18.3. The average molecular weight is 455 g/mol. The molecule has 0 saturated carbocycles. The molecule has 0 aliphatic heterocycles. The van der Waals surface area contributed by atoms with Crippen LogP contribution in [0.25, 0.3) is 0 Å². The molecular formula is C27H38O4Si. The van der Waals surface area contributed by atoms with E-state index in [2.05, 4.69) is 67.2 Å². The first-order valence-corrected chi connectivity index (χ1v) is 14.0. The molecule has 2 rings (SSSR count). The van der Waals surface area contributed by atoms with Gasteiger partial charge in [0.1, 0.15) is 17.2 Å². The lowest BCUT2D eigenvalue weighted by Gasteiger charge is -2.39. The highest BCUT2D eigenvalue weighted by Gasteiger charge is 2.36. The van der Waals surface area contributed by atoms with Crippen LogP contribution >= 0.6 is 0 Å². The van der Waals surface area contributed by atoms with Crippen LogP contribution in [-0.2, 0) is 14.8 Å². The van der Waals surface area contributed by atoms with E-state index in [1.807, 2.05) is 0 Å². The highest BCUT2D eigenvalue weighted by molar-refractivity contribution is 6.73. The Bertz CT molecular complexity index is 925. The number of rotatable bonds is 10. The summed E-state index contributed by atoms with van der Waals surface area (Å²) in [4.78, 5) is 11.7. The van der Waals surface area contributed by atoms with Gasteiger partial charge in [-0.1, -0.05) is 27.4 Å². The first-order chi connectivity index (χ1) is 15.0. The summed E-state index contributed by atoms with van der Waals surface area (Å²) in [6.45, 7) is 20.5. The largest absolute Gasteiger partial charge is 0.457 e. The summed E-state index contributed by atoms with van der Waals surface area (Å²) in [5.74, 6) is 1.54. The fraction of sp³-hybridized carbons (Fsp3) is 0.444. The van der Waals surface area contributed by atoms with Crippen molar-refractivity contribution in [3.8, 4) is 17.2 Å². The fourth-order valence-corrected chi connectivity index (χ4v) is 7.05. The van der Waals surface area contributed by atoms with E-state index in [0.717, 1.165) is 35.0 Å². The van der Waals surface area contributed by atoms with Crippen LogP contribution < -0.4 is 9.47 Å². The standard InChI is InChI=1S/C27H38O4Si/c1-10-32(11-2,12-3)31-27(8,9)22-17-20(6)25(21(7)18-22)29-23-13-15-24(16-14-23)30-26(28)19(4)5/h13-18H,4,10-12H2,1-3,5-9H3. The third kappa shape index (κ3) is 6.11. The van der Waals surface area contributed by atoms with Crippen molar-refractivity contribution < 1.29 is 18.7 Å². The molecule has 0 amide bonds. The van der Waals surface area contributed by atoms with Gasteiger partial charge in [-0.2, -0.15) is 0 Å². The minimum atomic E-state index is -1.74. The molecule has 174 valence electrons. The van der Waals surface area contributed by atoms with Gasteiger partial charge in [0.05, 0.1) is 5.60 Å². The van der Waals surface area contributed by atoms with E-state index in [9.17, 15) is 4.79 Å². The molecule has 0 heterocycles. The van der Waals surface area contributed by atoms with E-state index in [1.165, 1.54) is 5.56 Å². The van der Waals surface area contributed by atoms with Crippen LogP contribution in [0.15, 0.2) is 48.6 Å². The third-order valence-electron chi connectivity index (χ3n) is 6.16. The molecule has 2 aromatic carbocycles. The summed E-state index contributed by atoms with van der Waals surface area (Å²) in [5, 5.41) is 0. The number of aryl methyl sites for hydroxylation is 2. The second kappa shape index (κ2) is 10.5. The van der Waals surface area contributed by atoms with Gasteiger partial charge in [-0.25, -0.2) is 4.79 Å². The van der Waals surface area contributed by atoms with Crippen LogP contribution in [-0.4, -0.2) is 14.3 Å². The topological polar surface area (TPSA) is 44.8 Å². The van der Waals surface area contributed by atoms with E-state index < -0.39 is 14.3 Å². The Kier molecular flexibility index (Phi) is 8.49. The van der Waals surface area contributed by atoms with Crippen molar-refractivity contribution in [2.45, 2.75) is 79.1 Å². The van der Waals surface area contributed by atoms with Gasteiger partial charge in [-0.3, -0.25) is 0 Å². The molecular weight excluding hydrogens is 416 g/mol. The molecule has 0 aliphatic rings. The molecule has 0 unspecified atom stereocenters. The maximum Gasteiger partial charge on any atom is 0.338 e. The minimum Gasteiger partial charge on any atom is -0.457 e. The number of benzene rings is 2. The Balaban J connectivity index is 2.24. The van der Waals surface area contributed by atoms with Crippen molar-refractivity contribution in [2.24, 2.45) is 0 Å². The van der Waals surface area contributed by atoms with Gasteiger partial charge in [-0.15, -0.1) is 0 Å². The minimum absolute atomic E-state index is 0.350. The van der Waals surface area contributed by atoms with Gasteiger partial charge in [0.2, 0.25) is 0 Å². The van der Waals surface area contributed by atoms with Gasteiger partial charge in [0.15, 0.2) is 8.32 Å². The Morgan fingerprint density at radius 3 is 1.84 bits per heavy atom. The van der Waals surface area contributed by atoms with Gasteiger partial charge in [-0.05, 0) is 106 Å². The fourth-order valence-electron chi connectivity index (χ4n) is 3.91. The molecule has 0 aromatic heterocycles. The lowest BCUT2D eigenvalue weighted by molar-refractivity contribution is -0.130. The molecule has 32 heavy (non-hydrogen) atoms. The van der Waals surface area contributed by atoms with Crippen molar-refractivity contribution in [1.29, 1.82) is 0 Å². The van der Waals surface area contributed by atoms with E-state index in [-0.39, 0.29) is 5.60 Å². The highest BCUT2D eigenvalue weighted by Crippen LogP contribution is 2.38. The zero-order valence-corrected chi connectivity index (χ0v) is 21.9. The molecule has 0 aliphatic carbocycles. The Hall–Kier alpha value is -2.37.